The molecule has 1 amide bonds. The molecule has 0 atom stereocenters. The van der Waals surface area contributed by atoms with Crippen LogP contribution >= 0.6 is 10.6 Å². The first-order chi connectivity index (χ1) is 5.03. The first kappa shape index (κ1) is 8.63. The molecule has 1 aliphatic rings. The van der Waals surface area contributed by atoms with E-state index in [2.05, 4.69) is 5.32 Å². The highest BCUT2D eigenvalue weighted by molar-refractivity contribution is 8.25. The van der Waals surface area contributed by atoms with Crippen LogP contribution in [0.1, 0.15) is 0 Å². The van der Waals surface area contributed by atoms with Crippen molar-refractivity contribution in [2.24, 2.45) is 0 Å². The van der Waals surface area contributed by atoms with Gasteiger partial charge in [-0.15, -0.1) is 0 Å². The molecule has 0 aliphatic carbocycles. The van der Waals surface area contributed by atoms with E-state index in [0.717, 1.165) is 0 Å². The topological polar surface area (TPSA) is 78.8 Å². The quantitative estimate of drug-likeness (QED) is 0.549. The molecule has 0 unspecified atom stereocenters. The van der Waals surface area contributed by atoms with Crippen LogP contribution in [-0.4, -0.2) is 39.9 Å². The van der Waals surface area contributed by atoms with Crippen LogP contribution in [0.3, 0.4) is 0 Å². The minimum Gasteiger partial charge on any atom is -0.443 e. The van der Waals surface area contributed by atoms with Crippen molar-refractivity contribution >= 4 is 16.7 Å². The minimum atomic E-state index is -2.39. The van der Waals surface area contributed by atoms with Gasteiger partial charge in [-0.05, 0) is 0 Å². The average molecular weight is 181 g/mol. The van der Waals surface area contributed by atoms with Gasteiger partial charge in [0.2, 0.25) is 0 Å². The molecule has 3 N–H and O–H groups in total. The summed E-state index contributed by atoms with van der Waals surface area (Å²) >= 11 is 0. The second-order valence-electron chi connectivity index (χ2n) is 2.41. The van der Waals surface area contributed by atoms with Crippen LogP contribution in [0.4, 0.5) is 4.79 Å². The van der Waals surface area contributed by atoms with Crippen LogP contribution < -0.4 is 5.32 Å². The second kappa shape index (κ2) is 2.88. The first-order valence-electron chi connectivity index (χ1n) is 3.15. The van der Waals surface area contributed by atoms with Crippen LogP contribution in [0.5, 0.6) is 0 Å². The predicted octanol–water partition coefficient (Wildman–Crippen LogP) is 0.475. The number of rotatable bonds is 1. The zero-order valence-corrected chi connectivity index (χ0v) is 6.93. The Balaban J connectivity index is 2.19. The number of carbonyl (C=O) groups is 1. The van der Waals surface area contributed by atoms with Gasteiger partial charge >= 0.3 is 6.09 Å². The molecule has 0 spiro atoms. The molecule has 1 fully saturated rings. The van der Waals surface area contributed by atoms with Gasteiger partial charge in [-0.1, -0.05) is 0 Å². The summed E-state index contributed by atoms with van der Waals surface area (Å²) in [6, 6.07) is 0. The third-order valence-corrected chi connectivity index (χ3v) is 3.19. The zero-order chi connectivity index (χ0) is 8.48. The Hall–Kier alpha value is -0.460. The molecule has 5 nitrogen and oxygen atoms in total. The molecule has 0 aromatic carbocycles. The van der Waals surface area contributed by atoms with Crippen LogP contribution in [0, 0.1) is 0 Å². The average Bonchev–Trinajstić information content (AvgIpc) is 1.83. The molecule has 0 aromatic rings. The largest absolute Gasteiger partial charge is 0.443 e. The maximum Gasteiger partial charge on any atom is 0.407 e. The van der Waals surface area contributed by atoms with Crippen molar-refractivity contribution in [3.63, 3.8) is 0 Å². The van der Waals surface area contributed by atoms with Crippen LogP contribution in [-0.2, 0) is 4.74 Å². The Kier molecular flexibility index (Phi) is 2.26. The van der Waals surface area contributed by atoms with E-state index in [9.17, 15) is 4.79 Å². The highest BCUT2D eigenvalue weighted by Crippen LogP contribution is 2.49. The summed E-state index contributed by atoms with van der Waals surface area (Å²) in [4.78, 5) is 10.5. The Morgan fingerprint density at radius 1 is 1.64 bits per heavy atom. The van der Waals surface area contributed by atoms with E-state index in [1.165, 1.54) is 7.05 Å². The Morgan fingerprint density at radius 2 is 2.18 bits per heavy atom. The lowest BCUT2D eigenvalue weighted by atomic mass is 10.4. The molecule has 66 valence electrons. The zero-order valence-electron chi connectivity index (χ0n) is 6.11. The highest BCUT2D eigenvalue weighted by atomic mass is 32.3. The van der Waals surface area contributed by atoms with Gasteiger partial charge in [-0.3, -0.25) is 9.11 Å². The number of amides is 1. The van der Waals surface area contributed by atoms with Gasteiger partial charge in [-0.2, -0.15) is 10.6 Å². The molecule has 11 heavy (non-hydrogen) atoms. The Morgan fingerprint density at radius 3 is 2.55 bits per heavy atom. The Bertz CT molecular complexity index is 164. The lowest BCUT2D eigenvalue weighted by molar-refractivity contribution is 0.110. The van der Waals surface area contributed by atoms with Gasteiger partial charge in [0.1, 0.15) is 6.10 Å². The second-order valence-corrected chi connectivity index (χ2v) is 4.68. The molecule has 0 aromatic heterocycles. The van der Waals surface area contributed by atoms with Crippen molar-refractivity contribution in [2.45, 2.75) is 6.10 Å². The Labute approximate surface area is 66.1 Å². The third kappa shape index (κ3) is 2.25. The van der Waals surface area contributed by atoms with E-state index < -0.39 is 16.7 Å². The van der Waals surface area contributed by atoms with E-state index in [4.69, 9.17) is 13.8 Å². The molecule has 6 heteroatoms. The number of nitrogens with one attached hydrogen (secondary N) is 1. The summed E-state index contributed by atoms with van der Waals surface area (Å²) in [5, 5.41) is 2.28. The molecular weight excluding hydrogens is 170 g/mol. The fraction of sp³-hybridized carbons (Fsp3) is 0.800. The van der Waals surface area contributed by atoms with Crippen molar-refractivity contribution in [1.29, 1.82) is 0 Å². The molecule has 0 bridgehead atoms. The molecule has 0 radical (unpaired) electrons. The van der Waals surface area contributed by atoms with Gasteiger partial charge in [0.25, 0.3) is 0 Å². The molecule has 0 saturated carbocycles. The van der Waals surface area contributed by atoms with Crippen LogP contribution in [0.25, 0.3) is 0 Å². The fourth-order valence-electron chi connectivity index (χ4n) is 0.825. The number of hydrogen-bond acceptors (Lipinski definition) is 4. The summed E-state index contributed by atoms with van der Waals surface area (Å²) in [6.07, 6.45) is -0.843. The fourth-order valence-corrected chi connectivity index (χ4v) is 2.05. The highest BCUT2D eigenvalue weighted by Gasteiger charge is 2.36. The number of carbonyl (C=O) groups excluding carboxylic acids is 1. The molecule has 1 saturated heterocycles. The van der Waals surface area contributed by atoms with E-state index in [0.29, 0.717) is 0 Å². The lowest BCUT2D eigenvalue weighted by Crippen LogP contribution is -2.42. The molecular formula is C5H11NO4S. The van der Waals surface area contributed by atoms with E-state index >= 15 is 0 Å². The summed E-state index contributed by atoms with van der Waals surface area (Å²) < 4.78 is 22.5. The van der Waals surface area contributed by atoms with Crippen LogP contribution in [0.2, 0.25) is 0 Å². The van der Waals surface area contributed by atoms with Gasteiger partial charge in [0, 0.05) is 7.05 Å². The van der Waals surface area contributed by atoms with Crippen molar-refractivity contribution in [2.75, 3.05) is 18.6 Å². The van der Waals surface area contributed by atoms with E-state index in [1.807, 2.05) is 0 Å². The maximum absolute atomic E-state index is 10.5. The van der Waals surface area contributed by atoms with Crippen molar-refractivity contribution in [1.82, 2.24) is 5.32 Å². The molecule has 1 heterocycles. The smallest absolute Gasteiger partial charge is 0.407 e. The number of alkyl carbamates (subject to hydrolysis) is 1. The van der Waals surface area contributed by atoms with Gasteiger partial charge in [0.05, 0.1) is 11.5 Å². The maximum atomic E-state index is 10.5. The monoisotopic (exact) mass is 181 g/mol. The van der Waals surface area contributed by atoms with E-state index in [1.54, 1.807) is 0 Å². The van der Waals surface area contributed by atoms with Crippen molar-refractivity contribution in [3.8, 4) is 0 Å². The van der Waals surface area contributed by atoms with Gasteiger partial charge in [0.15, 0.2) is 0 Å². The van der Waals surface area contributed by atoms with Gasteiger partial charge < -0.3 is 10.1 Å². The van der Waals surface area contributed by atoms with E-state index in [-0.39, 0.29) is 17.6 Å². The molecule has 1 rings (SSSR count). The van der Waals surface area contributed by atoms with Crippen molar-refractivity contribution in [3.05, 3.63) is 0 Å². The summed E-state index contributed by atoms with van der Waals surface area (Å²) in [6.45, 7) is 0. The summed E-state index contributed by atoms with van der Waals surface area (Å²) in [5.41, 5.74) is 0. The van der Waals surface area contributed by atoms with Crippen LogP contribution in [0.15, 0.2) is 0 Å². The number of hydrogen-bond donors (Lipinski definition) is 3. The normalized spacial score (nSPS) is 25.0. The summed E-state index contributed by atoms with van der Waals surface area (Å²) in [7, 11) is -0.932. The summed E-state index contributed by atoms with van der Waals surface area (Å²) in [5.74, 6) is 0.362. The third-order valence-electron chi connectivity index (χ3n) is 1.38. The lowest BCUT2D eigenvalue weighted by Gasteiger charge is -2.45. The molecule has 1 aliphatic heterocycles. The standard InChI is InChI=1S/C5H11NO4S/c1-6-5(7)10-4-2-11(8,9)3-4/h4,8-9H,2-3H2,1H3,(H,6,7). The minimum absolute atomic E-state index is 0.181. The first-order valence-corrected chi connectivity index (χ1v) is 5.04. The van der Waals surface area contributed by atoms with Crippen molar-refractivity contribution < 1.29 is 18.6 Å². The number of ether oxygens (including phenoxy) is 1. The predicted molar refractivity (Wildman–Crippen MR) is 41.9 cm³/mol. The van der Waals surface area contributed by atoms with Gasteiger partial charge in [-0.25, -0.2) is 4.79 Å². The SMILES string of the molecule is CNC(=O)OC1CS(O)(O)C1.